The van der Waals surface area contributed by atoms with Gasteiger partial charge in [0.1, 0.15) is 5.75 Å². The normalized spacial score (nSPS) is 15.7. The van der Waals surface area contributed by atoms with Crippen LogP contribution in [0.25, 0.3) is 0 Å². The Labute approximate surface area is 91.4 Å². The standard InChI is InChI=1S/C13H19NO/c1-9(2)10-3-4-11(8-14)13(7-10)15-12-5-6-12/h3-4,7,9,12H,5-6,8,14H2,1-2H3. The van der Waals surface area contributed by atoms with Gasteiger partial charge >= 0.3 is 0 Å². The summed E-state index contributed by atoms with van der Waals surface area (Å²) in [4.78, 5) is 0. The van der Waals surface area contributed by atoms with Crippen LogP contribution in [0.15, 0.2) is 18.2 Å². The highest BCUT2D eigenvalue weighted by Crippen LogP contribution is 2.31. The first kappa shape index (κ1) is 10.5. The summed E-state index contributed by atoms with van der Waals surface area (Å²) in [6.07, 6.45) is 2.82. The van der Waals surface area contributed by atoms with E-state index in [-0.39, 0.29) is 0 Å². The number of nitrogens with two attached hydrogens (primary N) is 1. The van der Waals surface area contributed by atoms with Gasteiger partial charge in [-0.3, -0.25) is 0 Å². The second-order valence-electron chi connectivity index (χ2n) is 4.54. The molecule has 0 heterocycles. The van der Waals surface area contributed by atoms with Crippen molar-refractivity contribution in [2.45, 2.75) is 45.3 Å². The van der Waals surface area contributed by atoms with Crippen molar-refractivity contribution in [3.8, 4) is 5.75 Å². The maximum atomic E-state index is 5.86. The monoisotopic (exact) mass is 205 g/mol. The molecule has 1 aromatic rings. The molecule has 1 fully saturated rings. The second-order valence-corrected chi connectivity index (χ2v) is 4.54. The van der Waals surface area contributed by atoms with E-state index in [0.29, 0.717) is 18.6 Å². The molecule has 0 aliphatic heterocycles. The van der Waals surface area contributed by atoms with Crippen molar-refractivity contribution < 1.29 is 4.74 Å². The highest BCUT2D eigenvalue weighted by atomic mass is 16.5. The minimum atomic E-state index is 0.442. The van der Waals surface area contributed by atoms with Gasteiger partial charge in [-0.2, -0.15) is 0 Å². The smallest absolute Gasteiger partial charge is 0.124 e. The molecule has 0 amide bonds. The van der Waals surface area contributed by atoms with Gasteiger partial charge in [0, 0.05) is 12.1 Å². The molecule has 82 valence electrons. The van der Waals surface area contributed by atoms with Crippen molar-refractivity contribution in [3.63, 3.8) is 0 Å². The molecule has 1 aromatic carbocycles. The predicted molar refractivity (Wildman–Crippen MR) is 62.1 cm³/mol. The Bertz CT molecular complexity index is 342. The van der Waals surface area contributed by atoms with E-state index in [0.717, 1.165) is 11.3 Å². The number of rotatable bonds is 4. The van der Waals surface area contributed by atoms with Gasteiger partial charge in [0.05, 0.1) is 6.10 Å². The van der Waals surface area contributed by atoms with Crippen LogP contribution in [-0.2, 0) is 6.54 Å². The molecule has 2 heteroatoms. The van der Waals surface area contributed by atoms with Crippen LogP contribution in [0, 0.1) is 0 Å². The van der Waals surface area contributed by atoms with Crippen LogP contribution in [0.3, 0.4) is 0 Å². The lowest BCUT2D eigenvalue weighted by molar-refractivity contribution is 0.299. The number of benzene rings is 1. The van der Waals surface area contributed by atoms with Gasteiger partial charge < -0.3 is 10.5 Å². The minimum Gasteiger partial charge on any atom is -0.490 e. The van der Waals surface area contributed by atoms with Gasteiger partial charge in [-0.25, -0.2) is 0 Å². The molecule has 0 saturated heterocycles. The van der Waals surface area contributed by atoms with E-state index in [1.807, 2.05) is 0 Å². The first-order valence-electron chi connectivity index (χ1n) is 5.70. The maximum Gasteiger partial charge on any atom is 0.124 e. The Balaban J connectivity index is 2.24. The Morgan fingerprint density at radius 1 is 1.40 bits per heavy atom. The first-order valence-corrected chi connectivity index (χ1v) is 5.70. The van der Waals surface area contributed by atoms with Gasteiger partial charge in [-0.1, -0.05) is 26.0 Å². The quantitative estimate of drug-likeness (QED) is 0.820. The van der Waals surface area contributed by atoms with E-state index in [1.54, 1.807) is 0 Å². The summed E-state index contributed by atoms with van der Waals surface area (Å²) in [5, 5.41) is 0. The molecule has 2 nitrogen and oxygen atoms in total. The van der Waals surface area contributed by atoms with Crippen molar-refractivity contribution >= 4 is 0 Å². The Kier molecular flexibility index (Phi) is 2.96. The van der Waals surface area contributed by atoms with Crippen LogP contribution in [0.2, 0.25) is 0 Å². The van der Waals surface area contributed by atoms with Crippen LogP contribution in [0.4, 0.5) is 0 Å². The van der Waals surface area contributed by atoms with Gasteiger partial charge in [0.15, 0.2) is 0 Å². The minimum absolute atomic E-state index is 0.442. The molecule has 0 radical (unpaired) electrons. The van der Waals surface area contributed by atoms with Crippen molar-refractivity contribution in [1.82, 2.24) is 0 Å². The SMILES string of the molecule is CC(C)c1ccc(CN)c(OC2CC2)c1. The van der Waals surface area contributed by atoms with Crippen molar-refractivity contribution in [2.75, 3.05) is 0 Å². The maximum absolute atomic E-state index is 5.86. The van der Waals surface area contributed by atoms with Crippen molar-refractivity contribution in [3.05, 3.63) is 29.3 Å². The molecule has 0 unspecified atom stereocenters. The zero-order valence-electron chi connectivity index (χ0n) is 9.49. The van der Waals surface area contributed by atoms with Crippen LogP contribution >= 0.6 is 0 Å². The Morgan fingerprint density at radius 3 is 2.67 bits per heavy atom. The van der Waals surface area contributed by atoms with Crippen LogP contribution < -0.4 is 10.5 Å². The van der Waals surface area contributed by atoms with Gasteiger partial charge in [-0.15, -0.1) is 0 Å². The molecule has 0 bridgehead atoms. The average Bonchev–Trinajstić information content (AvgIpc) is 3.01. The second kappa shape index (κ2) is 4.23. The average molecular weight is 205 g/mol. The van der Waals surface area contributed by atoms with Crippen LogP contribution in [-0.4, -0.2) is 6.10 Å². The number of hydrogen-bond acceptors (Lipinski definition) is 2. The van der Waals surface area contributed by atoms with E-state index < -0.39 is 0 Å². The largest absolute Gasteiger partial charge is 0.490 e. The molecule has 1 saturated carbocycles. The summed E-state index contributed by atoms with van der Waals surface area (Å²) < 4.78 is 5.86. The van der Waals surface area contributed by atoms with E-state index in [9.17, 15) is 0 Å². The number of ether oxygens (including phenoxy) is 1. The number of hydrogen-bond donors (Lipinski definition) is 1. The zero-order chi connectivity index (χ0) is 10.8. The van der Waals surface area contributed by atoms with E-state index in [1.165, 1.54) is 18.4 Å². The van der Waals surface area contributed by atoms with E-state index in [4.69, 9.17) is 10.5 Å². The molecule has 1 aliphatic carbocycles. The summed E-state index contributed by atoms with van der Waals surface area (Å²) in [5.74, 6) is 1.53. The topological polar surface area (TPSA) is 35.2 Å². The van der Waals surface area contributed by atoms with Crippen molar-refractivity contribution in [2.24, 2.45) is 5.73 Å². The third-order valence-electron chi connectivity index (χ3n) is 2.80. The highest BCUT2D eigenvalue weighted by molar-refractivity contribution is 5.39. The van der Waals surface area contributed by atoms with Crippen LogP contribution in [0.5, 0.6) is 5.75 Å². The van der Waals surface area contributed by atoms with Gasteiger partial charge in [0.2, 0.25) is 0 Å². The Morgan fingerprint density at radius 2 is 2.13 bits per heavy atom. The summed E-state index contributed by atoms with van der Waals surface area (Å²) in [7, 11) is 0. The van der Waals surface area contributed by atoms with Gasteiger partial charge in [-0.05, 0) is 30.4 Å². The molecular formula is C13H19NO. The highest BCUT2D eigenvalue weighted by Gasteiger charge is 2.24. The third-order valence-corrected chi connectivity index (χ3v) is 2.80. The fourth-order valence-corrected chi connectivity index (χ4v) is 1.57. The molecule has 2 rings (SSSR count). The molecule has 0 atom stereocenters. The molecule has 0 spiro atoms. The summed E-state index contributed by atoms with van der Waals surface area (Å²) in [5.41, 5.74) is 8.13. The van der Waals surface area contributed by atoms with E-state index in [2.05, 4.69) is 32.0 Å². The fraction of sp³-hybridized carbons (Fsp3) is 0.538. The summed E-state index contributed by atoms with van der Waals surface area (Å²) >= 11 is 0. The zero-order valence-corrected chi connectivity index (χ0v) is 9.49. The summed E-state index contributed by atoms with van der Waals surface area (Å²) in [6, 6.07) is 6.38. The Hall–Kier alpha value is -1.02. The molecule has 15 heavy (non-hydrogen) atoms. The molecular weight excluding hydrogens is 186 g/mol. The lowest BCUT2D eigenvalue weighted by Crippen LogP contribution is -2.04. The first-order chi connectivity index (χ1) is 7.20. The lowest BCUT2D eigenvalue weighted by Gasteiger charge is -2.13. The third kappa shape index (κ3) is 2.51. The fourth-order valence-electron chi connectivity index (χ4n) is 1.57. The van der Waals surface area contributed by atoms with Crippen LogP contribution in [0.1, 0.15) is 43.7 Å². The molecule has 2 N–H and O–H groups in total. The van der Waals surface area contributed by atoms with E-state index >= 15 is 0 Å². The van der Waals surface area contributed by atoms with Gasteiger partial charge in [0.25, 0.3) is 0 Å². The molecule has 0 aromatic heterocycles. The molecule has 1 aliphatic rings. The summed E-state index contributed by atoms with van der Waals surface area (Å²) in [6.45, 7) is 4.94. The predicted octanol–water partition coefficient (Wildman–Crippen LogP) is 2.81. The lowest BCUT2D eigenvalue weighted by atomic mass is 10.0. The van der Waals surface area contributed by atoms with Crippen molar-refractivity contribution in [1.29, 1.82) is 0 Å².